The van der Waals surface area contributed by atoms with Crippen LogP contribution in [0.5, 0.6) is 0 Å². The maximum Gasteiger partial charge on any atom is 0.244 e. The van der Waals surface area contributed by atoms with Crippen LogP contribution in [0.2, 0.25) is 0 Å². The second-order valence-electron chi connectivity index (χ2n) is 2.34. The fourth-order valence-corrected chi connectivity index (χ4v) is 0.561. The minimum Gasteiger partial charge on any atom is -0.366 e. The molecule has 3 heteroatoms. The molecule has 0 rings (SSSR count). The van der Waals surface area contributed by atoms with Gasteiger partial charge in [0, 0.05) is 11.6 Å². The lowest BCUT2D eigenvalue weighted by Crippen LogP contribution is -2.23. The molecule has 0 saturated heterocycles. The maximum atomic E-state index is 10.4. The summed E-state index contributed by atoms with van der Waals surface area (Å²) < 4.78 is 0. The Labute approximate surface area is 61.1 Å². The predicted molar refractivity (Wildman–Crippen MR) is 41.2 cm³/mol. The molecular weight excluding hydrogens is 128 g/mol. The highest BCUT2D eigenvalue weighted by Gasteiger charge is 2.05. The minimum absolute atomic E-state index is 0.0139. The quantitative estimate of drug-likeness (QED) is 0.549. The van der Waals surface area contributed by atoms with Crippen LogP contribution in [0.4, 0.5) is 0 Å². The first-order valence-electron chi connectivity index (χ1n) is 3.31. The van der Waals surface area contributed by atoms with Gasteiger partial charge < -0.3 is 11.5 Å². The van der Waals surface area contributed by atoms with Gasteiger partial charge in [0.25, 0.3) is 0 Å². The molecule has 0 aliphatic rings. The first-order valence-corrected chi connectivity index (χ1v) is 3.31. The summed E-state index contributed by atoms with van der Waals surface area (Å²) in [5.41, 5.74) is 10.9. The first kappa shape index (κ1) is 9.17. The summed E-state index contributed by atoms with van der Waals surface area (Å²) >= 11 is 0. The first-order chi connectivity index (χ1) is 4.57. The van der Waals surface area contributed by atoms with E-state index in [9.17, 15) is 4.79 Å². The van der Waals surface area contributed by atoms with Crippen molar-refractivity contribution in [3.05, 3.63) is 12.2 Å². The summed E-state index contributed by atoms with van der Waals surface area (Å²) in [7, 11) is 0. The Morgan fingerprint density at radius 2 is 2.20 bits per heavy atom. The summed E-state index contributed by atoms with van der Waals surface area (Å²) in [6.45, 7) is 5.44. The Bertz CT molecular complexity index is 143. The molecule has 58 valence electrons. The molecule has 0 radical (unpaired) electrons. The van der Waals surface area contributed by atoms with Gasteiger partial charge in [-0.15, -0.1) is 0 Å². The molecule has 0 aromatic carbocycles. The van der Waals surface area contributed by atoms with Crippen molar-refractivity contribution in [3.63, 3.8) is 0 Å². The summed E-state index contributed by atoms with van der Waals surface area (Å²) in [6, 6.07) is 0.0139. The van der Waals surface area contributed by atoms with Crippen LogP contribution in [0.3, 0.4) is 0 Å². The molecule has 0 aliphatic carbocycles. The molecule has 4 N–H and O–H groups in total. The Morgan fingerprint density at radius 3 is 2.50 bits per heavy atom. The molecule has 1 atom stereocenters. The van der Waals surface area contributed by atoms with Gasteiger partial charge in [-0.1, -0.05) is 13.5 Å². The molecule has 10 heavy (non-hydrogen) atoms. The van der Waals surface area contributed by atoms with Gasteiger partial charge in [-0.25, -0.2) is 0 Å². The fourth-order valence-electron chi connectivity index (χ4n) is 0.561. The Balaban J connectivity index is 3.68. The number of amides is 1. The molecule has 0 aromatic heterocycles. The number of hydrogen-bond acceptors (Lipinski definition) is 2. The van der Waals surface area contributed by atoms with E-state index < -0.39 is 5.91 Å². The van der Waals surface area contributed by atoms with E-state index in [1.54, 1.807) is 0 Å². The third-order valence-electron chi connectivity index (χ3n) is 1.38. The minimum atomic E-state index is -0.455. The largest absolute Gasteiger partial charge is 0.366 e. The van der Waals surface area contributed by atoms with Crippen molar-refractivity contribution in [1.82, 2.24) is 0 Å². The van der Waals surface area contributed by atoms with Crippen LogP contribution in [-0.4, -0.2) is 11.9 Å². The van der Waals surface area contributed by atoms with Crippen molar-refractivity contribution in [3.8, 4) is 0 Å². The van der Waals surface area contributed by atoms with Gasteiger partial charge in [-0.2, -0.15) is 0 Å². The maximum absolute atomic E-state index is 10.4. The van der Waals surface area contributed by atoms with E-state index in [0.717, 1.165) is 6.42 Å². The standard InChI is InChI=1S/C7H14N2O/c1-3-6(8)4-5(2)7(9)10/h6H,2-4,8H2,1H3,(H2,9,10). The van der Waals surface area contributed by atoms with E-state index in [-0.39, 0.29) is 6.04 Å². The van der Waals surface area contributed by atoms with E-state index in [1.165, 1.54) is 0 Å². The molecule has 1 amide bonds. The molecule has 1 unspecified atom stereocenters. The number of hydrogen-bond donors (Lipinski definition) is 2. The monoisotopic (exact) mass is 142 g/mol. The highest BCUT2D eigenvalue weighted by Crippen LogP contribution is 2.02. The van der Waals surface area contributed by atoms with Gasteiger partial charge >= 0.3 is 0 Å². The number of nitrogens with two attached hydrogens (primary N) is 2. The Morgan fingerprint density at radius 1 is 1.70 bits per heavy atom. The Kier molecular flexibility index (Phi) is 3.72. The SMILES string of the molecule is C=C(CC(N)CC)C(N)=O. The average molecular weight is 142 g/mol. The summed E-state index contributed by atoms with van der Waals surface area (Å²) in [4.78, 5) is 10.4. The van der Waals surface area contributed by atoms with Crippen LogP contribution in [-0.2, 0) is 4.79 Å². The van der Waals surface area contributed by atoms with Crippen LogP contribution in [0.25, 0.3) is 0 Å². The van der Waals surface area contributed by atoms with Crippen LogP contribution >= 0.6 is 0 Å². The van der Waals surface area contributed by atoms with Gasteiger partial charge in [0.05, 0.1) is 0 Å². The number of carbonyl (C=O) groups excluding carboxylic acids is 1. The van der Waals surface area contributed by atoms with Crippen LogP contribution in [0.15, 0.2) is 12.2 Å². The second kappa shape index (κ2) is 4.06. The molecule has 3 nitrogen and oxygen atoms in total. The van der Waals surface area contributed by atoms with E-state index in [0.29, 0.717) is 12.0 Å². The van der Waals surface area contributed by atoms with Crippen LogP contribution < -0.4 is 11.5 Å². The van der Waals surface area contributed by atoms with Gasteiger partial charge in [0.1, 0.15) is 0 Å². The summed E-state index contributed by atoms with van der Waals surface area (Å²) in [6.07, 6.45) is 1.35. The van der Waals surface area contributed by atoms with E-state index in [4.69, 9.17) is 11.5 Å². The van der Waals surface area contributed by atoms with Crippen LogP contribution in [0.1, 0.15) is 19.8 Å². The van der Waals surface area contributed by atoms with Gasteiger partial charge in [-0.3, -0.25) is 4.79 Å². The molecule has 0 aromatic rings. The average Bonchev–Trinajstić information content (AvgIpc) is 1.87. The van der Waals surface area contributed by atoms with Crippen molar-refractivity contribution in [2.45, 2.75) is 25.8 Å². The topological polar surface area (TPSA) is 69.1 Å². The fraction of sp³-hybridized carbons (Fsp3) is 0.571. The van der Waals surface area contributed by atoms with Gasteiger partial charge in [-0.05, 0) is 12.8 Å². The molecule has 0 heterocycles. The zero-order valence-corrected chi connectivity index (χ0v) is 6.26. The molecule has 0 fully saturated rings. The van der Waals surface area contributed by atoms with E-state index in [1.807, 2.05) is 6.92 Å². The highest BCUT2D eigenvalue weighted by molar-refractivity contribution is 5.91. The molecule has 0 saturated carbocycles. The third-order valence-corrected chi connectivity index (χ3v) is 1.38. The molecular formula is C7H14N2O. The lowest BCUT2D eigenvalue weighted by molar-refractivity contribution is -0.114. The second-order valence-corrected chi connectivity index (χ2v) is 2.34. The Hall–Kier alpha value is -0.830. The zero-order valence-electron chi connectivity index (χ0n) is 6.26. The number of primary amides is 1. The van der Waals surface area contributed by atoms with Crippen molar-refractivity contribution in [1.29, 1.82) is 0 Å². The normalized spacial score (nSPS) is 12.6. The predicted octanol–water partition coefficient (Wildman–Crippen LogP) is 0.155. The van der Waals surface area contributed by atoms with Crippen LogP contribution in [0, 0.1) is 0 Å². The van der Waals surface area contributed by atoms with E-state index in [2.05, 4.69) is 6.58 Å². The molecule has 0 spiro atoms. The third kappa shape index (κ3) is 3.25. The highest BCUT2D eigenvalue weighted by atomic mass is 16.1. The van der Waals surface area contributed by atoms with Crippen molar-refractivity contribution >= 4 is 5.91 Å². The smallest absolute Gasteiger partial charge is 0.244 e. The number of rotatable bonds is 4. The van der Waals surface area contributed by atoms with Crippen molar-refractivity contribution in [2.75, 3.05) is 0 Å². The van der Waals surface area contributed by atoms with Gasteiger partial charge in [0.2, 0.25) is 5.91 Å². The van der Waals surface area contributed by atoms with Crippen molar-refractivity contribution in [2.24, 2.45) is 11.5 Å². The van der Waals surface area contributed by atoms with Gasteiger partial charge in [0.15, 0.2) is 0 Å². The lowest BCUT2D eigenvalue weighted by Gasteiger charge is -2.07. The molecule has 0 aliphatic heterocycles. The lowest BCUT2D eigenvalue weighted by atomic mass is 10.1. The number of carbonyl (C=O) groups is 1. The van der Waals surface area contributed by atoms with Crippen molar-refractivity contribution < 1.29 is 4.79 Å². The van der Waals surface area contributed by atoms with E-state index >= 15 is 0 Å². The summed E-state index contributed by atoms with van der Waals surface area (Å²) in [5.74, 6) is -0.455. The summed E-state index contributed by atoms with van der Waals surface area (Å²) in [5, 5.41) is 0. The zero-order chi connectivity index (χ0) is 8.15. The molecule has 0 bridgehead atoms.